The zero-order valence-electron chi connectivity index (χ0n) is 17.6. The quantitative estimate of drug-likeness (QED) is 0.450. The molecule has 2 aromatic carbocycles. The fraction of sp³-hybridized carbons (Fsp3) is 0.240. The van der Waals surface area contributed by atoms with Crippen LogP contribution in [-0.4, -0.2) is 19.9 Å². The van der Waals surface area contributed by atoms with E-state index in [4.69, 9.17) is 4.98 Å². The molecule has 1 unspecified atom stereocenters. The van der Waals surface area contributed by atoms with Gasteiger partial charge in [-0.1, -0.05) is 30.3 Å². The number of imidazole rings is 1. The van der Waals surface area contributed by atoms with Gasteiger partial charge in [0.2, 0.25) is 5.95 Å². The lowest BCUT2D eigenvalue weighted by atomic mass is 9.70. The number of hydrogen-bond acceptors (Lipinski definition) is 4. The van der Waals surface area contributed by atoms with E-state index in [1.165, 1.54) is 17.2 Å². The summed E-state index contributed by atoms with van der Waals surface area (Å²) in [4.78, 5) is 16.7. The van der Waals surface area contributed by atoms with Crippen molar-refractivity contribution >= 4 is 11.6 Å². The molecule has 1 aliphatic carbocycles. The minimum atomic E-state index is -0.355. The van der Waals surface area contributed by atoms with Crippen LogP contribution in [0.4, 0.5) is 16.0 Å². The SMILES string of the molecule is Cc1c[nH]c(-c2ccc(Nc3ncc4c(n3)C(C)(c3ccccc3)CCC4)cc2F)n1. The predicted octanol–water partition coefficient (Wildman–Crippen LogP) is 5.70. The Kier molecular flexibility index (Phi) is 4.77. The van der Waals surface area contributed by atoms with E-state index in [0.717, 1.165) is 30.7 Å². The van der Waals surface area contributed by atoms with Gasteiger partial charge in [-0.3, -0.25) is 0 Å². The number of aromatic nitrogens is 4. The van der Waals surface area contributed by atoms with E-state index in [0.29, 0.717) is 23.0 Å². The van der Waals surface area contributed by atoms with Crippen LogP contribution in [0.2, 0.25) is 0 Å². The molecule has 0 bridgehead atoms. The number of rotatable bonds is 4. The van der Waals surface area contributed by atoms with Crippen LogP contribution in [0.5, 0.6) is 0 Å². The summed E-state index contributed by atoms with van der Waals surface area (Å²) in [5.74, 6) is 0.639. The maximum absolute atomic E-state index is 14.7. The molecule has 1 atom stereocenters. The molecule has 5 rings (SSSR count). The van der Waals surface area contributed by atoms with E-state index in [2.05, 4.69) is 51.5 Å². The minimum absolute atomic E-state index is 0.166. The number of fused-ring (bicyclic) bond motifs is 1. The van der Waals surface area contributed by atoms with Crippen molar-refractivity contribution in [3.63, 3.8) is 0 Å². The molecular weight excluding hydrogens is 389 g/mol. The zero-order chi connectivity index (χ0) is 21.4. The molecule has 5 nitrogen and oxygen atoms in total. The highest BCUT2D eigenvalue weighted by atomic mass is 19.1. The van der Waals surface area contributed by atoms with Crippen LogP contribution in [0.1, 0.15) is 42.3 Å². The normalized spacial score (nSPS) is 17.9. The Bertz CT molecular complexity index is 1230. The van der Waals surface area contributed by atoms with Crippen molar-refractivity contribution in [2.75, 3.05) is 5.32 Å². The van der Waals surface area contributed by atoms with E-state index in [1.807, 2.05) is 25.3 Å². The smallest absolute Gasteiger partial charge is 0.227 e. The third kappa shape index (κ3) is 3.58. The first-order valence-electron chi connectivity index (χ1n) is 10.5. The zero-order valence-corrected chi connectivity index (χ0v) is 17.6. The van der Waals surface area contributed by atoms with Crippen molar-refractivity contribution in [1.29, 1.82) is 0 Å². The fourth-order valence-corrected chi connectivity index (χ4v) is 4.43. The molecule has 6 heteroatoms. The molecule has 0 saturated carbocycles. The van der Waals surface area contributed by atoms with Crippen molar-refractivity contribution in [3.8, 4) is 11.4 Å². The molecule has 0 saturated heterocycles. The summed E-state index contributed by atoms with van der Waals surface area (Å²) in [5, 5.41) is 3.18. The summed E-state index contributed by atoms with van der Waals surface area (Å²) >= 11 is 0. The van der Waals surface area contributed by atoms with Crippen molar-refractivity contribution in [3.05, 3.63) is 89.3 Å². The minimum Gasteiger partial charge on any atom is -0.344 e. The van der Waals surface area contributed by atoms with Gasteiger partial charge in [-0.2, -0.15) is 0 Å². The molecule has 2 heterocycles. The molecule has 0 spiro atoms. The van der Waals surface area contributed by atoms with Crippen molar-refractivity contribution < 1.29 is 4.39 Å². The van der Waals surface area contributed by atoms with Gasteiger partial charge >= 0.3 is 0 Å². The number of aromatic amines is 1. The van der Waals surface area contributed by atoms with E-state index >= 15 is 0 Å². The number of aryl methyl sites for hydroxylation is 2. The van der Waals surface area contributed by atoms with Gasteiger partial charge in [0.25, 0.3) is 0 Å². The molecule has 31 heavy (non-hydrogen) atoms. The van der Waals surface area contributed by atoms with Gasteiger partial charge in [-0.05, 0) is 62.4 Å². The molecule has 156 valence electrons. The number of nitrogens with zero attached hydrogens (tertiary/aromatic N) is 3. The van der Waals surface area contributed by atoms with Crippen LogP contribution < -0.4 is 5.32 Å². The van der Waals surface area contributed by atoms with Crippen LogP contribution in [0.25, 0.3) is 11.4 Å². The summed E-state index contributed by atoms with van der Waals surface area (Å²) in [6.07, 6.45) is 6.77. The van der Waals surface area contributed by atoms with Crippen LogP contribution >= 0.6 is 0 Å². The van der Waals surface area contributed by atoms with Gasteiger partial charge in [0.1, 0.15) is 11.6 Å². The van der Waals surface area contributed by atoms with Gasteiger partial charge in [0.15, 0.2) is 0 Å². The average Bonchev–Trinajstić information content (AvgIpc) is 3.21. The Balaban J connectivity index is 1.46. The summed E-state index contributed by atoms with van der Waals surface area (Å²) < 4.78 is 14.7. The Morgan fingerprint density at radius 3 is 2.68 bits per heavy atom. The molecule has 4 aromatic rings. The summed E-state index contributed by atoms with van der Waals surface area (Å²) in [6.45, 7) is 4.11. The second-order valence-electron chi connectivity index (χ2n) is 8.33. The number of anilines is 2. The van der Waals surface area contributed by atoms with Gasteiger partial charge in [0.05, 0.1) is 17.0 Å². The highest BCUT2D eigenvalue weighted by Gasteiger charge is 2.35. The molecule has 2 N–H and O–H groups in total. The molecule has 0 radical (unpaired) electrons. The number of hydrogen-bond donors (Lipinski definition) is 2. The first kappa shape index (κ1) is 19.4. The van der Waals surface area contributed by atoms with Crippen LogP contribution in [0.3, 0.4) is 0 Å². The third-order valence-electron chi connectivity index (χ3n) is 6.11. The Morgan fingerprint density at radius 2 is 1.94 bits per heavy atom. The van der Waals surface area contributed by atoms with Crippen LogP contribution in [0.15, 0.2) is 60.9 Å². The molecule has 0 fully saturated rings. The van der Waals surface area contributed by atoms with Gasteiger partial charge in [-0.15, -0.1) is 0 Å². The summed E-state index contributed by atoms with van der Waals surface area (Å²) in [5.41, 5.74) is 5.16. The topological polar surface area (TPSA) is 66.5 Å². The Morgan fingerprint density at radius 1 is 1.10 bits per heavy atom. The monoisotopic (exact) mass is 413 g/mol. The Labute approximate surface area is 180 Å². The second-order valence-corrected chi connectivity index (χ2v) is 8.33. The van der Waals surface area contributed by atoms with Gasteiger partial charge in [0, 0.05) is 23.5 Å². The molecular formula is C25H24FN5. The summed E-state index contributed by atoms with van der Waals surface area (Å²) in [6, 6.07) is 15.5. The van der Waals surface area contributed by atoms with Crippen LogP contribution in [0, 0.1) is 12.7 Å². The average molecular weight is 414 g/mol. The van der Waals surface area contributed by atoms with Crippen molar-refractivity contribution in [2.24, 2.45) is 0 Å². The van der Waals surface area contributed by atoms with Gasteiger partial charge in [-0.25, -0.2) is 19.3 Å². The summed E-state index contributed by atoms with van der Waals surface area (Å²) in [7, 11) is 0. The molecule has 2 aromatic heterocycles. The number of H-pyrrole nitrogens is 1. The fourth-order valence-electron chi connectivity index (χ4n) is 4.43. The highest BCUT2D eigenvalue weighted by Crippen LogP contribution is 2.41. The lowest BCUT2D eigenvalue weighted by molar-refractivity contribution is 0.449. The Hall–Kier alpha value is -3.54. The molecule has 0 aliphatic heterocycles. The first-order valence-corrected chi connectivity index (χ1v) is 10.5. The second kappa shape index (κ2) is 7.61. The molecule has 0 amide bonds. The van der Waals surface area contributed by atoms with Gasteiger partial charge < -0.3 is 10.3 Å². The number of benzene rings is 2. The maximum atomic E-state index is 14.7. The number of halogens is 1. The van der Waals surface area contributed by atoms with E-state index in [-0.39, 0.29) is 11.2 Å². The van der Waals surface area contributed by atoms with E-state index in [1.54, 1.807) is 12.3 Å². The maximum Gasteiger partial charge on any atom is 0.227 e. The third-order valence-corrected chi connectivity index (χ3v) is 6.11. The van der Waals surface area contributed by atoms with Crippen molar-refractivity contribution in [1.82, 2.24) is 19.9 Å². The van der Waals surface area contributed by atoms with E-state index in [9.17, 15) is 4.39 Å². The van der Waals surface area contributed by atoms with E-state index < -0.39 is 0 Å². The number of nitrogens with one attached hydrogen (secondary N) is 2. The van der Waals surface area contributed by atoms with Crippen LogP contribution in [-0.2, 0) is 11.8 Å². The highest BCUT2D eigenvalue weighted by molar-refractivity contribution is 5.63. The first-order chi connectivity index (χ1) is 15.0. The predicted molar refractivity (Wildman–Crippen MR) is 120 cm³/mol. The standard InChI is InChI=1S/C25H24FN5/c1-16-14-27-23(29-16)20-11-10-19(13-21(20)26)30-24-28-15-17-7-6-12-25(2,22(17)31-24)18-8-4-3-5-9-18/h3-5,8-11,13-15H,6-7,12H2,1-2H3,(H,27,29)(H,28,30,31). The molecule has 1 aliphatic rings. The van der Waals surface area contributed by atoms with Crippen molar-refractivity contribution in [2.45, 2.75) is 38.5 Å². The lowest BCUT2D eigenvalue weighted by Crippen LogP contribution is -2.30. The lowest BCUT2D eigenvalue weighted by Gasteiger charge is -2.35. The largest absolute Gasteiger partial charge is 0.344 e.